The standard InChI is InChI=1S/C27H26ClF3N4O6.C2H6/c1-26(2)38-15-20(40-26)13-34-14-21(36)33(3)23-22(24(34)37)35(12-16-7-9-17(28)10-8-16)25(32-23)39-18-5-4-6-19(11-18)41-27(29,30)31;1-2/h4-11,20H,12-15H2,1-3H3;1-2H3. The predicted octanol–water partition coefficient (Wildman–Crippen LogP) is 5.87. The molecule has 2 aliphatic rings. The number of hydrogen-bond acceptors (Lipinski definition) is 7. The van der Waals surface area contributed by atoms with E-state index in [0.29, 0.717) is 5.02 Å². The van der Waals surface area contributed by atoms with Crippen molar-refractivity contribution in [3.63, 3.8) is 0 Å². The number of fused-ring (bicyclic) bond motifs is 1. The average molecular weight is 625 g/mol. The Hall–Kier alpha value is -3.81. The lowest BCUT2D eigenvalue weighted by molar-refractivity contribution is -0.274. The number of hydrogen-bond donors (Lipinski definition) is 0. The highest BCUT2D eigenvalue weighted by Crippen LogP contribution is 2.35. The lowest BCUT2D eigenvalue weighted by Gasteiger charge is -2.24. The van der Waals surface area contributed by atoms with Gasteiger partial charge >= 0.3 is 12.4 Å². The highest BCUT2D eigenvalue weighted by Gasteiger charge is 2.40. The van der Waals surface area contributed by atoms with Crippen LogP contribution in [-0.2, 0) is 20.8 Å². The lowest BCUT2D eigenvalue weighted by Crippen LogP contribution is -2.43. The Morgan fingerprint density at radius 1 is 1.09 bits per heavy atom. The Labute approximate surface area is 251 Å². The molecule has 2 aliphatic heterocycles. The first-order valence-electron chi connectivity index (χ1n) is 13.5. The smallest absolute Gasteiger partial charge is 0.425 e. The highest BCUT2D eigenvalue weighted by atomic mass is 35.5. The number of amides is 2. The Bertz CT molecular complexity index is 1460. The van der Waals surface area contributed by atoms with Gasteiger partial charge in [-0.15, -0.1) is 13.2 Å². The second kappa shape index (κ2) is 12.8. The number of imidazole rings is 1. The number of rotatable bonds is 7. The van der Waals surface area contributed by atoms with Crippen LogP contribution in [0.25, 0.3) is 0 Å². The van der Waals surface area contributed by atoms with Gasteiger partial charge in [-0.05, 0) is 43.7 Å². The van der Waals surface area contributed by atoms with Crippen LogP contribution >= 0.6 is 11.6 Å². The van der Waals surface area contributed by atoms with E-state index >= 15 is 0 Å². The lowest BCUT2D eigenvalue weighted by atomic mass is 10.2. The van der Waals surface area contributed by atoms with Crippen molar-refractivity contribution in [1.29, 1.82) is 0 Å². The predicted molar refractivity (Wildman–Crippen MR) is 152 cm³/mol. The number of halogens is 4. The molecule has 1 fully saturated rings. The SMILES string of the molecule is CC.CN1C(=O)CN(CC2COC(C)(C)O2)C(=O)c2c1nc(Oc1cccc(OC(F)(F)F)c1)n2Cc1ccc(Cl)cc1. The molecule has 14 heteroatoms. The van der Waals surface area contributed by atoms with Crippen LogP contribution in [0.5, 0.6) is 17.5 Å². The van der Waals surface area contributed by atoms with E-state index < -0.39 is 35.8 Å². The van der Waals surface area contributed by atoms with Crippen molar-refractivity contribution in [3.8, 4) is 17.5 Å². The van der Waals surface area contributed by atoms with Gasteiger partial charge in [-0.2, -0.15) is 4.98 Å². The summed E-state index contributed by atoms with van der Waals surface area (Å²) in [5, 5.41) is 0.505. The number of aromatic nitrogens is 2. The van der Waals surface area contributed by atoms with Crippen LogP contribution in [0.3, 0.4) is 0 Å². The van der Waals surface area contributed by atoms with Crippen LogP contribution in [0.15, 0.2) is 48.5 Å². The molecule has 0 spiro atoms. The number of nitrogens with zero attached hydrogens (tertiary/aromatic N) is 4. The molecule has 10 nitrogen and oxygen atoms in total. The van der Waals surface area contributed by atoms with E-state index in [1.807, 2.05) is 13.8 Å². The van der Waals surface area contributed by atoms with Crippen molar-refractivity contribution in [2.45, 2.75) is 52.5 Å². The summed E-state index contributed by atoms with van der Waals surface area (Å²) in [5.74, 6) is -2.22. The number of anilines is 1. The average Bonchev–Trinajstić information content (AvgIpc) is 3.45. The van der Waals surface area contributed by atoms with Crippen molar-refractivity contribution in [1.82, 2.24) is 14.5 Å². The molecule has 0 radical (unpaired) electrons. The maximum absolute atomic E-state index is 14.0. The zero-order valence-corrected chi connectivity index (χ0v) is 25.0. The molecule has 232 valence electrons. The number of carbonyl (C=O) groups excluding carboxylic acids is 2. The van der Waals surface area contributed by atoms with Gasteiger partial charge in [0, 0.05) is 18.1 Å². The Kier molecular flexibility index (Phi) is 9.57. The van der Waals surface area contributed by atoms with Gasteiger partial charge in [0.15, 0.2) is 17.3 Å². The minimum atomic E-state index is -4.90. The first-order valence-corrected chi connectivity index (χ1v) is 13.9. The van der Waals surface area contributed by atoms with E-state index in [2.05, 4.69) is 9.72 Å². The maximum atomic E-state index is 14.0. The van der Waals surface area contributed by atoms with Gasteiger partial charge in [-0.3, -0.25) is 19.1 Å². The summed E-state index contributed by atoms with van der Waals surface area (Å²) in [4.78, 5) is 34.2. The molecule has 0 bridgehead atoms. The van der Waals surface area contributed by atoms with E-state index in [0.717, 1.165) is 17.7 Å². The highest BCUT2D eigenvalue weighted by molar-refractivity contribution is 6.30. The van der Waals surface area contributed by atoms with E-state index in [-0.39, 0.29) is 49.5 Å². The van der Waals surface area contributed by atoms with Crippen molar-refractivity contribution >= 4 is 29.2 Å². The summed E-state index contributed by atoms with van der Waals surface area (Å²) in [6.45, 7) is 7.69. The fourth-order valence-corrected chi connectivity index (χ4v) is 4.68. The minimum Gasteiger partial charge on any atom is -0.425 e. The molecule has 1 atom stereocenters. The van der Waals surface area contributed by atoms with Crippen LogP contribution in [0.4, 0.5) is 19.0 Å². The van der Waals surface area contributed by atoms with Crippen molar-refractivity contribution in [2.75, 3.05) is 31.6 Å². The van der Waals surface area contributed by atoms with Crippen molar-refractivity contribution in [3.05, 3.63) is 64.8 Å². The van der Waals surface area contributed by atoms with Gasteiger partial charge in [0.25, 0.3) is 5.91 Å². The quantitative estimate of drug-likeness (QED) is 0.324. The zero-order chi connectivity index (χ0) is 31.5. The minimum absolute atomic E-state index is 0.0266. The fourth-order valence-electron chi connectivity index (χ4n) is 4.56. The van der Waals surface area contributed by atoms with Gasteiger partial charge in [-0.1, -0.05) is 43.6 Å². The second-order valence-electron chi connectivity index (χ2n) is 9.99. The zero-order valence-electron chi connectivity index (χ0n) is 24.3. The van der Waals surface area contributed by atoms with E-state index in [1.54, 1.807) is 38.1 Å². The van der Waals surface area contributed by atoms with Gasteiger partial charge < -0.3 is 23.8 Å². The van der Waals surface area contributed by atoms with Crippen LogP contribution in [0.1, 0.15) is 43.7 Å². The second-order valence-corrected chi connectivity index (χ2v) is 10.4. The number of carbonyl (C=O) groups is 2. The molecule has 1 saturated heterocycles. The molecule has 3 aromatic rings. The molecule has 0 aliphatic carbocycles. The Morgan fingerprint density at radius 3 is 2.40 bits per heavy atom. The molecular formula is C29H32ClF3N4O6. The molecule has 1 unspecified atom stereocenters. The van der Waals surface area contributed by atoms with Gasteiger partial charge in [0.05, 0.1) is 19.7 Å². The number of ether oxygens (including phenoxy) is 4. The molecule has 43 heavy (non-hydrogen) atoms. The van der Waals surface area contributed by atoms with E-state index in [1.165, 1.54) is 33.5 Å². The molecule has 3 heterocycles. The summed E-state index contributed by atoms with van der Waals surface area (Å²) >= 11 is 6.05. The van der Waals surface area contributed by atoms with Gasteiger partial charge in [0.1, 0.15) is 24.1 Å². The third-order valence-electron chi connectivity index (χ3n) is 6.42. The third-order valence-corrected chi connectivity index (χ3v) is 6.67. The summed E-state index contributed by atoms with van der Waals surface area (Å²) in [5.41, 5.74) is 0.782. The summed E-state index contributed by atoms with van der Waals surface area (Å²) in [6.07, 6.45) is -5.36. The van der Waals surface area contributed by atoms with Gasteiger partial charge in [0.2, 0.25) is 5.91 Å². The molecular weight excluding hydrogens is 593 g/mol. The number of benzene rings is 2. The monoisotopic (exact) mass is 624 g/mol. The van der Waals surface area contributed by atoms with Crippen molar-refractivity contribution in [2.24, 2.45) is 0 Å². The number of alkyl halides is 3. The molecule has 2 amide bonds. The fraction of sp³-hybridized carbons (Fsp3) is 0.414. The summed E-state index contributed by atoms with van der Waals surface area (Å²) in [7, 11) is 1.48. The molecule has 0 saturated carbocycles. The molecule has 2 aromatic carbocycles. The van der Waals surface area contributed by atoms with E-state index in [9.17, 15) is 22.8 Å². The van der Waals surface area contributed by atoms with Crippen LogP contribution in [-0.4, -0.2) is 71.3 Å². The Morgan fingerprint density at radius 2 is 1.77 bits per heavy atom. The molecule has 0 N–H and O–H groups in total. The first kappa shape index (κ1) is 32.1. The van der Waals surface area contributed by atoms with Crippen molar-refractivity contribution < 1.29 is 41.7 Å². The maximum Gasteiger partial charge on any atom is 0.573 e. The first-order chi connectivity index (χ1) is 20.3. The van der Waals surface area contributed by atoms with Crippen LogP contribution in [0.2, 0.25) is 5.02 Å². The Balaban J connectivity index is 0.00000207. The van der Waals surface area contributed by atoms with Gasteiger partial charge in [-0.25, -0.2) is 0 Å². The molecule has 1 aromatic heterocycles. The normalized spacial score (nSPS) is 18.1. The topological polar surface area (TPSA) is 95.4 Å². The van der Waals surface area contributed by atoms with Crippen LogP contribution < -0.4 is 14.4 Å². The number of likely N-dealkylation sites (N-methyl/N-ethyl adjacent to an activating group) is 1. The third kappa shape index (κ3) is 7.78. The van der Waals surface area contributed by atoms with Crippen LogP contribution in [0, 0.1) is 0 Å². The largest absolute Gasteiger partial charge is 0.573 e. The van der Waals surface area contributed by atoms with E-state index in [4.69, 9.17) is 25.8 Å². The summed E-state index contributed by atoms with van der Waals surface area (Å²) < 4.78 is 61.2. The molecule has 5 rings (SSSR count). The summed E-state index contributed by atoms with van der Waals surface area (Å²) in [6, 6.07) is 11.6.